The van der Waals surface area contributed by atoms with Gasteiger partial charge in [0.15, 0.2) is 0 Å². The lowest BCUT2D eigenvalue weighted by molar-refractivity contribution is -0.138. The number of pyridine rings is 1. The van der Waals surface area contributed by atoms with Gasteiger partial charge in [-0.1, -0.05) is 0 Å². The molecule has 2 aromatic rings. The molecule has 1 aliphatic heterocycles. The third kappa shape index (κ3) is 6.19. The van der Waals surface area contributed by atoms with Gasteiger partial charge < -0.3 is 19.3 Å². The molecule has 3 heterocycles. The van der Waals surface area contributed by atoms with Crippen LogP contribution in [0.15, 0.2) is 29.3 Å². The van der Waals surface area contributed by atoms with Crippen LogP contribution in [0, 0.1) is 6.92 Å². The van der Waals surface area contributed by atoms with E-state index in [0.717, 1.165) is 12.3 Å². The van der Waals surface area contributed by atoms with Gasteiger partial charge >= 0.3 is 6.18 Å². The fourth-order valence-electron chi connectivity index (χ4n) is 3.14. The number of piperazine rings is 1. The van der Waals surface area contributed by atoms with Crippen LogP contribution in [0.25, 0.3) is 0 Å². The SMILES string of the molecule is Cc1c(OCCOCCC(=O)N2CCN(c3ccc(C(F)(F)F)cn3)CC2)cn[nH]c1=O. The van der Waals surface area contributed by atoms with Crippen LogP contribution in [-0.2, 0) is 15.7 Å². The van der Waals surface area contributed by atoms with Gasteiger partial charge in [-0.3, -0.25) is 9.59 Å². The van der Waals surface area contributed by atoms with Crippen LogP contribution in [0.3, 0.4) is 0 Å². The van der Waals surface area contributed by atoms with Gasteiger partial charge in [-0.2, -0.15) is 18.3 Å². The maximum Gasteiger partial charge on any atom is 0.417 e. The van der Waals surface area contributed by atoms with Crippen LogP contribution < -0.4 is 15.2 Å². The number of ether oxygens (including phenoxy) is 2. The van der Waals surface area contributed by atoms with Crippen LogP contribution in [0.1, 0.15) is 17.5 Å². The van der Waals surface area contributed by atoms with Crippen LogP contribution in [0.5, 0.6) is 5.75 Å². The van der Waals surface area contributed by atoms with Crippen LogP contribution in [0.4, 0.5) is 19.0 Å². The number of rotatable bonds is 8. The molecule has 3 rings (SSSR count). The number of halogens is 3. The first kappa shape index (κ1) is 23.5. The Hall–Kier alpha value is -3.15. The van der Waals surface area contributed by atoms with E-state index in [1.54, 1.807) is 11.8 Å². The van der Waals surface area contributed by atoms with Gasteiger partial charge in [0.25, 0.3) is 5.56 Å². The Morgan fingerprint density at radius 3 is 2.53 bits per heavy atom. The van der Waals surface area contributed by atoms with Crippen LogP contribution >= 0.6 is 0 Å². The molecule has 0 aromatic carbocycles. The first-order chi connectivity index (χ1) is 15.3. The summed E-state index contributed by atoms with van der Waals surface area (Å²) in [7, 11) is 0. The number of H-pyrrole nitrogens is 1. The number of hydrogen-bond donors (Lipinski definition) is 1. The second-order valence-corrected chi connectivity index (χ2v) is 7.17. The second kappa shape index (κ2) is 10.4. The lowest BCUT2D eigenvalue weighted by Gasteiger charge is -2.35. The van der Waals surface area contributed by atoms with E-state index in [1.807, 2.05) is 4.90 Å². The molecule has 0 spiro atoms. The monoisotopic (exact) mass is 455 g/mol. The highest BCUT2D eigenvalue weighted by Crippen LogP contribution is 2.29. The summed E-state index contributed by atoms with van der Waals surface area (Å²) in [6.45, 7) is 4.23. The molecule has 12 heteroatoms. The normalized spacial score (nSPS) is 14.5. The Labute approximate surface area is 182 Å². The molecule has 0 unspecified atom stereocenters. The minimum absolute atomic E-state index is 0.0550. The summed E-state index contributed by atoms with van der Waals surface area (Å²) >= 11 is 0. The molecule has 1 saturated heterocycles. The summed E-state index contributed by atoms with van der Waals surface area (Å²) < 4.78 is 48.8. The first-order valence-electron chi connectivity index (χ1n) is 10.1. The zero-order valence-corrected chi connectivity index (χ0v) is 17.5. The van der Waals surface area contributed by atoms with Crippen molar-refractivity contribution >= 4 is 11.7 Å². The van der Waals surface area contributed by atoms with E-state index in [0.29, 0.717) is 43.3 Å². The number of nitrogens with zero attached hydrogens (tertiary/aromatic N) is 4. The van der Waals surface area contributed by atoms with Gasteiger partial charge in [-0.05, 0) is 19.1 Å². The van der Waals surface area contributed by atoms with E-state index in [-0.39, 0.29) is 37.7 Å². The third-order valence-corrected chi connectivity index (χ3v) is 5.04. The average molecular weight is 455 g/mol. The molecule has 0 atom stereocenters. The van der Waals surface area contributed by atoms with E-state index in [4.69, 9.17) is 9.47 Å². The first-order valence-corrected chi connectivity index (χ1v) is 10.1. The van der Waals surface area contributed by atoms with Crippen molar-refractivity contribution in [3.8, 4) is 5.75 Å². The van der Waals surface area contributed by atoms with Gasteiger partial charge in [0, 0.05) is 32.4 Å². The Morgan fingerprint density at radius 1 is 1.12 bits per heavy atom. The highest BCUT2D eigenvalue weighted by Gasteiger charge is 2.31. The van der Waals surface area contributed by atoms with E-state index in [9.17, 15) is 22.8 Å². The van der Waals surface area contributed by atoms with Gasteiger partial charge in [-0.15, -0.1) is 0 Å². The summed E-state index contributed by atoms with van der Waals surface area (Å²) in [5, 5.41) is 5.97. The third-order valence-electron chi connectivity index (χ3n) is 5.04. The summed E-state index contributed by atoms with van der Waals surface area (Å²) in [6.07, 6.45) is -1.96. The number of aromatic nitrogens is 3. The lowest BCUT2D eigenvalue weighted by Crippen LogP contribution is -2.49. The van der Waals surface area contributed by atoms with Crippen molar-refractivity contribution in [2.24, 2.45) is 0 Å². The van der Waals surface area contributed by atoms with Crippen molar-refractivity contribution in [2.75, 3.05) is 50.9 Å². The molecule has 1 N–H and O–H groups in total. The van der Waals surface area contributed by atoms with Gasteiger partial charge in [-0.25, -0.2) is 10.1 Å². The van der Waals surface area contributed by atoms with Crippen LogP contribution in [0.2, 0.25) is 0 Å². The van der Waals surface area contributed by atoms with Gasteiger partial charge in [0.05, 0.1) is 37.0 Å². The van der Waals surface area contributed by atoms with E-state index in [2.05, 4.69) is 15.2 Å². The Balaban J connectivity index is 1.33. The van der Waals surface area contributed by atoms with Crippen molar-refractivity contribution in [3.05, 3.63) is 46.0 Å². The Morgan fingerprint density at radius 2 is 1.88 bits per heavy atom. The zero-order chi connectivity index (χ0) is 23.1. The maximum absolute atomic E-state index is 12.7. The molecule has 0 radical (unpaired) electrons. The fraction of sp³-hybridized carbons (Fsp3) is 0.500. The highest BCUT2D eigenvalue weighted by atomic mass is 19.4. The average Bonchev–Trinajstić information content (AvgIpc) is 2.78. The number of aromatic amines is 1. The number of amides is 1. The summed E-state index contributed by atoms with van der Waals surface area (Å²) in [5.74, 6) is 0.786. The highest BCUT2D eigenvalue weighted by molar-refractivity contribution is 5.76. The molecule has 0 saturated carbocycles. The van der Waals surface area contributed by atoms with Crippen molar-refractivity contribution in [3.63, 3.8) is 0 Å². The molecule has 0 aliphatic carbocycles. The second-order valence-electron chi connectivity index (χ2n) is 7.17. The van der Waals surface area contributed by atoms with Gasteiger partial charge in [0.1, 0.15) is 18.2 Å². The predicted molar refractivity (Wildman–Crippen MR) is 109 cm³/mol. The van der Waals surface area contributed by atoms with Crippen molar-refractivity contribution in [1.29, 1.82) is 0 Å². The fourth-order valence-corrected chi connectivity index (χ4v) is 3.14. The summed E-state index contributed by atoms with van der Waals surface area (Å²) in [4.78, 5) is 31.2. The molecule has 9 nitrogen and oxygen atoms in total. The number of carbonyl (C=O) groups excluding carboxylic acids is 1. The van der Waals surface area contributed by atoms with Crippen LogP contribution in [-0.4, -0.2) is 72.0 Å². The predicted octanol–water partition coefficient (Wildman–Crippen LogP) is 1.63. The van der Waals surface area contributed by atoms with Crippen molar-refractivity contribution in [2.45, 2.75) is 19.5 Å². The van der Waals surface area contributed by atoms with Crippen molar-refractivity contribution in [1.82, 2.24) is 20.1 Å². The minimum atomic E-state index is -4.41. The summed E-state index contributed by atoms with van der Waals surface area (Å²) in [6, 6.07) is 2.36. The molecule has 1 aliphatic rings. The number of hydrogen-bond acceptors (Lipinski definition) is 7. The molecule has 2 aromatic heterocycles. The molecular formula is C20H24F3N5O4. The smallest absolute Gasteiger partial charge is 0.417 e. The number of carbonyl (C=O) groups is 1. The molecule has 174 valence electrons. The lowest BCUT2D eigenvalue weighted by atomic mass is 10.2. The Bertz CT molecular complexity index is 957. The van der Waals surface area contributed by atoms with E-state index in [1.165, 1.54) is 12.3 Å². The van der Waals surface area contributed by atoms with Crippen molar-refractivity contribution < 1.29 is 27.4 Å². The zero-order valence-electron chi connectivity index (χ0n) is 17.5. The largest absolute Gasteiger partial charge is 0.489 e. The topological polar surface area (TPSA) is 101 Å². The van der Waals surface area contributed by atoms with E-state index >= 15 is 0 Å². The van der Waals surface area contributed by atoms with E-state index < -0.39 is 11.7 Å². The number of nitrogens with one attached hydrogen (secondary N) is 1. The molecule has 32 heavy (non-hydrogen) atoms. The molecular weight excluding hydrogens is 431 g/mol. The molecule has 1 amide bonds. The quantitative estimate of drug-likeness (QED) is 0.604. The summed E-state index contributed by atoms with van der Waals surface area (Å²) in [5.41, 5.74) is -0.672. The van der Waals surface area contributed by atoms with Gasteiger partial charge in [0.2, 0.25) is 5.91 Å². The Kier molecular flexibility index (Phi) is 7.67. The molecule has 1 fully saturated rings. The number of anilines is 1. The maximum atomic E-state index is 12.7. The number of alkyl halides is 3. The molecule has 0 bridgehead atoms. The minimum Gasteiger partial charge on any atom is -0.489 e. The standard InChI is InChI=1S/C20H24F3N5O4/c1-14-16(13-25-26-19(14)30)32-11-10-31-9-4-18(29)28-7-5-27(6-8-28)17-3-2-15(12-24-17)20(21,22)23/h2-3,12-13H,4-11H2,1H3,(H,26,30).